The number of nitrogens with one attached hydrogen (secondary N) is 1. The standard InChI is InChI=1S/C20H20ClN3O2/c21-17-10-14(18-12-22-6-7-23-18)8-15-9-16(26-19(15)17)11-24-20(25)13-4-2-1-3-5-13/h1-2,6-8,10,12-13,16H,3-5,9,11H2,(H,24,25). The number of carbonyl (C=O) groups excluding carboxylic acids is 1. The first-order chi connectivity index (χ1) is 12.7. The fourth-order valence-electron chi connectivity index (χ4n) is 3.49. The summed E-state index contributed by atoms with van der Waals surface area (Å²) in [6.45, 7) is 0.491. The Balaban J connectivity index is 1.41. The van der Waals surface area contributed by atoms with E-state index in [1.165, 1.54) is 0 Å². The van der Waals surface area contributed by atoms with Gasteiger partial charge in [0.2, 0.25) is 5.91 Å². The number of carbonyl (C=O) groups is 1. The monoisotopic (exact) mass is 369 g/mol. The Morgan fingerprint density at radius 2 is 2.23 bits per heavy atom. The van der Waals surface area contributed by atoms with E-state index in [2.05, 4.69) is 27.4 Å². The predicted octanol–water partition coefficient (Wildman–Crippen LogP) is 3.57. The maximum Gasteiger partial charge on any atom is 0.223 e. The molecule has 5 nitrogen and oxygen atoms in total. The molecule has 1 aromatic heterocycles. The molecule has 0 radical (unpaired) electrons. The lowest BCUT2D eigenvalue weighted by molar-refractivity contribution is -0.125. The predicted molar refractivity (Wildman–Crippen MR) is 100 cm³/mol. The number of hydrogen-bond donors (Lipinski definition) is 1. The van der Waals surface area contributed by atoms with Gasteiger partial charge >= 0.3 is 0 Å². The Morgan fingerprint density at radius 3 is 3.00 bits per heavy atom. The van der Waals surface area contributed by atoms with E-state index in [9.17, 15) is 4.79 Å². The molecule has 2 unspecified atom stereocenters. The van der Waals surface area contributed by atoms with Crippen molar-refractivity contribution in [2.45, 2.75) is 31.8 Å². The molecule has 4 rings (SSSR count). The highest BCUT2D eigenvalue weighted by Gasteiger charge is 2.27. The normalized spacial score (nSPS) is 21.1. The van der Waals surface area contributed by atoms with E-state index in [4.69, 9.17) is 16.3 Å². The van der Waals surface area contributed by atoms with Crippen LogP contribution in [-0.4, -0.2) is 28.5 Å². The summed E-state index contributed by atoms with van der Waals surface area (Å²) in [5.41, 5.74) is 2.74. The molecule has 1 aromatic carbocycles. The van der Waals surface area contributed by atoms with Crippen LogP contribution in [-0.2, 0) is 11.2 Å². The summed E-state index contributed by atoms with van der Waals surface area (Å²) >= 11 is 6.41. The number of fused-ring (bicyclic) bond motifs is 1. The highest BCUT2D eigenvalue weighted by atomic mass is 35.5. The minimum Gasteiger partial charge on any atom is -0.486 e. The Hall–Kier alpha value is -2.40. The summed E-state index contributed by atoms with van der Waals surface area (Å²) in [5, 5.41) is 3.60. The van der Waals surface area contributed by atoms with E-state index in [-0.39, 0.29) is 17.9 Å². The molecule has 0 saturated carbocycles. The third kappa shape index (κ3) is 3.58. The summed E-state index contributed by atoms with van der Waals surface area (Å²) in [7, 11) is 0. The maximum absolute atomic E-state index is 12.3. The van der Waals surface area contributed by atoms with E-state index in [0.717, 1.165) is 36.1 Å². The largest absolute Gasteiger partial charge is 0.486 e. The van der Waals surface area contributed by atoms with Gasteiger partial charge in [-0.1, -0.05) is 23.8 Å². The van der Waals surface area contributed by atoms with Crippen molar-refractivity contribution in [3.05, 3.63) is 53.5 Å². The average molecular weight is 370 g/mol. The Kier molecular flexibility index (Phi) is 4.89. The number of rotatable bonds is 4. The number of nitrogens with zero attached hydrogens (tertiary/aromatic N) is 2. The SMILES string of the molecule is O=C(NCC1Cc2cc(-c3cnccn3)cc(Cl)c2O1)C1CC=CCC1. The molecule has 26 heavy (non-hydrogen) atoms. The number of benzene rings is 1. The quantitative estimate of drug-likeness (QED) is 0.837. The molecule has 6 heteroatoms. The van der Waals surface area contributed by atoms with Gasteiger partial charge in [-0.2, -0.15) is 0 Å². The zero-order chi connectivity index (χ0) is 17.9. The molecular formula is C20H20ClN3O2. The molecule has 134 valence electrons. The minimum absolute atomic E-state index is 0.0793. The van der Waals surface area contributed by atoms with Crippen LogP contribution < -0.4 is 10.1 Å². The number of allylic oxidation sites excluding steroid dienone is 2. The zero-order valence-electron chi connectivity index (χ0n) is 14.3. The third-order valence-corrected chi connectivity index (χ3v) is 5.14. The fraction of sp³-hybridized carbons (Fsp3) is 0.350. The third-order valence-electron chi connectivity index (χ3n) is 4.86. The van der Waals surface area contributed by atoms with Gasteiger partial charge < -0.3 is 10.1 Å². The van der Waals surface area contributed by atoms with Gasteiger partial charge in [-0.25, -0.2) is 0 Å². The van der Waals surface area contributed by atoms with Crippen LogP contribution in [0.4, 0.5) is 0 Å². The number of halogens is 1. The van der Waals surface area contributed by atoms with Gasteiger partial charge in [-0.15, -0.1) is 0 Å². The molecule has 0 bridgehead atoms. The molecule has 0 fully saturated rings. The zero-order valence-corrected chi connectivity index (χ0v) is 15.1. The summed E-state index contributed by atoms with van der Waals surface area (Å²) in [6.07, 6.45) is 12.6. The summed E-state index contributed by atoms with van der Waals surface area (Å²) in [6, 6.07) is 3.89. The van der Waals surface area contributed by atoms with Crippen LogP contribution in [0, 0.1) is 5.92 Å². The Bertz CT molecular complexity index is 838. The van der Waals surface area contributed by atoms with Crippen molar-refractivity contribution >= 4 is 17.5 Å². The second-order valence-electron chi connectivity index (χ2n) is 6.71. The van der Waals surface area contributed by atoms with Crippen molar-refractivity contribution in [3.63, 3.8) is 0 Å². The van der Waals surface area contributed by atoms with E-state index < -0.39 is 0 Å². The summed E-state index contributed by atoms with van der Waals surface area (Å²) in [5.74, 6) is 0.898. The van der Waals surface area contributed by atoms with Gasteiger partial charge in [0.05, 0.1) is 23.5 Å². The van der Waals surface area contributed by atoms with Crippen molar-refractivity contribution in [2.24, 2.45) is 5.92 Å². The molecule has 0 spiro atoms. The molecule has 1 N–H and O–H groups in total. The first-order valence-corrected chi connectivity index (χ1v) is 9.26. The number of ether oxygens (including phenoxy) is 1. The number of aromatic nitrogens is 2. The van der Waals surface area contributed by atoms with E-state index in [1.54, 1.807) is 18.6 Å². The van der Waals surface area contributed by atoms with Gasteiger partial charge in [0.15, 0.2) is 0 Å². The van der Waals surface area contributed by atoms with Gasteiger partial charge in [0.25, 0.3) is 0 Å². The Morgan fingerprint density at radius 1 is 1.31 bits per heavy atom. The second kappa shape index (κ2) is 7.46. The van der Waals surface area contributed by atoms with Crippen LogP contribution in [0.15, 0.2) is 42.9 Å². The first kappa shape index (κ1) is 17.0. The Labute approximate surface area is 157 Å². The van der Waals surface area contributed by atoms with Crippen molar-refractivity contribution in [2.75, 3.05) is 6.54 Å². The molecule has 2 aliphatic rings. The lowest BCUT2D eigenvalue weighted by Crippen LogP contribution is -2.38. The molecular weight excluding hydrogens is 350 g/mol. The van der Waals surface area contributed by atoms with Gasteiger partial charge in [0.1, 0.15) is 11.9 Å². The lowest BCUT2D eigenvalue weighted by Gasteiger charge is -2.19. The smallest absolute Gasteiger partial charge is 0.223 e. The van der Waals surface area contributed by atoms with Crippen LogP contribution in [0.25, 0.3) is 11.3 Å². The lowest BCUT2D eigenvalue weighted by atomic mass is 9.93. The highest BCUT2D eigenvalue weighted by molar-refractivity contribution is 6.32. The average Bonchev–Trinajstić information content (AvgIpc) is 3.11. The first-order valence-electron chi connectivity index (χ1n) is 8.89. The summed E-state index contributed by atoms with van der Waals surface area (Å²) < 4.78 is 5.97. The van der Waals surface area contributed by atoms with Crippen molar-refractivity contribution in [1.82, 2.24) is 15.3 Å². The molecule has 2 heterocycles. The second-order valence-corrected chi connectivity index (χ2v) is 7.11. The van der Waals surface area contributed by atoms with Gasteiger partial charge in [0, 0.05) is 35.9 Å². The van der Waals surface area contributed by atoms with E-state index >= 15 is 0 Å². The van der Waals surface area contributed by atoms with E-state index in [0.29, 0.717) is 23.7 Å². The van der Waals surface area contributed by atoms with E-state index in [1.807, 2.05) is 12.1 Å². The fourth-order valence-corrected chi connectivity index (χ4v) is 3.77. The van der Waals surface area contributed by atoms with Gasteiger partial charge in [-0.05, 0) is 31.4 Å². The van der Waals surface area contributed by atoms with Crippen LogP contribution in [0.5, 0.6) is 5.75 Å². The number of hydrogen-bond acceptors (Lipinski definition) is 4. The molecule has 1 amide bonds. The molecule has 2 atom stereocenters. The molecule has 2 aromatic rings. The minimum atomic E-state index is -0.0947. The van der Waals surface area contributed by atoms with Crippen LogP contribution >= 0.6 is 11.6 Å². The number of amides is 1. The molecule has 0 saturated heterocycles. The van der Waals surface area contributed by atoms with Crippen molar-refractivity contribution in [1.29, 1.82) is 0 Å². The van der Waals surface area contributed by atoms with Crippen molar-refractivity contribution < 1.29 is 9.53 Å². The van der Waals surface area contributed by atoms with Crippen molar-refractivity contribution in [3.8, 4) is 17.0 Å². The topological polar surface area (TPSA) is 64.1 Å². The van der Waals surface area contributed by atoms with Crippen LogP contribution in [0.1, 0.15) is 24.8 Å². The molecule has 1 aliphatic heterocycles. The summed E-state index contributed by atoms with van der Waals surface area (Å²) in [4.78, 5) is 20.7. The highest BCUT2D eigenvalue weighted by Crippen LogP contribution is 2.39. The van der Waals surface area contributed by atoms with Crippen LogP contribution in [0.3, 0.4) is 0 Å². The maximum atomic E-state index is 12.3. The molecule has 1 aliphatic carbocycles. The van der Waals surface area contributed by atoms with Crippen LogP contribution in [0.2, 0.25) is 5.02 Å². The van der Waals surface area contributed by atoms with Gasteiger partial charge in [-0.3, -0.25) is 14.8 Å².